The van der Waals surface area contributed by atoms with Crippen LogP contribution in [0, 0.1) is 0 Å². The first-order chi connectivity index (χ1) is 15.0. The van der Waals surface area contributed by atoms with Gasteiger partial charge in [0.2, 0.25) is 5.91 Å². The Morgan fingerprint density at radius 3 is 2.35 bits per heavy atom. The predicted octanol–water partition coefficient (Wildman–Crippen LogP) is 1.23. The van der Waals surface area contributed by atoms with Crippen molar-refractivity contribution in [3.8, 4) is 22.8 Å². The quantitative estimate of drug-likeness (QED) is 0.679. The van der Waals surface area contributed by atoms with E-state index in [4.69, 9.17) is 14.2 Å². The molecule has 1 aromatic heterocycles. The Labute approximate surface area is 179 Å². The SMILES string of the molecule is CCOC(=O)N1CCN(C(=O)Cn2nc(-c3cc(OC)ccc3OC)ccc2=O)CC1. The number of hydrogen-bond donors (Lipinski definition) is 0. The van der Waals surface area contributed by atoms with Crippen LogP contribution in [0.4, 0.5) is 4.79 Å². The summed E-state index contributed by atoms with van der Waals surface area (Å²) >= 11 is 0. The molecule has 31 heavy (non-hydrogen) atoms. The first-order valence-electron chi connectivity index (χ1n) is 9.96. The number of hydrogen-bond acceptors (Lipinski definition) is 7. The summed E-state index contributed by atoms with van der Waals surface area (Å²) in [6, 6.07) is 8.22. The highest BCUT2D eigenvalue weighted by Gasteiger charge is 2.25. The van der Waals surface area contributed by atoms with E-state index < -0.39 is 0 Å². The molecule has 3 rings (SSSR count). The Kier molecular flexibility index (Phi) is 7.11. The van der Waals surface area contributed by atoms with Gasteiger partial charge >= 0.3 is 6.09 Å². The van der Waals surface area contributed by atoms with Crippen LogP contribution in [0.3, 0.4) is 0 Å². The minimum absolute atomic E-state index is 0.196. The predicted molar refractivity (Wildman–Crippen MR) is 112 cm³/mol. The molecule has 2 aromatic rings. The maximum atomic E-state index is 12.7. The molecule has 10 nitrogen and oxygen atoms in total. The van der Waals surface area contributed by atoms with E-state index in [0.717, 1.165) is 4.68 Å². The summed E-state index contributed by atoms with van der Waals surface area (Å²) in [5.41, 5.74) is 0.741. The standard InChI is InChI=1S/C21H26N4O6/c1-4-31-21(28)24-11-9-23(10-12-24)20(27)14-25-19(26)8-6-17(22-25)16-13-15(29-2)5-7-18(16)30-3/h5-8,13H,4,9-12,14H2,1-3H3. The van der Waals surface area contributed by atoms with E-state index in [9.17, 15) is 14.4 Å². The molecule has 0 saturated carbocycles. The molecule has 0 unspecified atom stereocenters. The van der Waals surface area contributed by atoms with Gasteiger partial charge in [-0.25, -0.2) is 9.48 Å². The summed E-state index contributed by atoms with van der Waals surface area (Å²) in [4.78, 5) is 40.0. The number of nitrogens with zero attached hydrogens (tertiary/aromatic N) is 4. The molecular weight excluding hydrogens is 404 g/mol. The van der Waals surface area contributed by atoms with Gasteiger partial charge < -0.3 is 24.0 Å². The lowest BCUT2D eigenvalue weighted by atomic mass is 10.1. The van der Waals surface area contributed by atoms with E-state index >= 15 is 0 Å². The Bertz CT molecular complexity index is 998. The number of carbonyl (C=O) groups excluding carboxylic acids is 2. The minimum Gasteiger partial charge on any atom is -0.497 e. The van der Waals surface area contributed by atoms with Crippen LogP contribution in [-0.2, 0) is 16.1 Å². The van der Waals surface area contributed by atoms with Crippen molar-refractivity contribution in [3.63, 3.8) is 0 Å². The Hall–Kier alpha value is -3.56. The average molecular weight is 430 g/mol. The van der Waals surface area contributed by atoms with Crippen molar-refractivity contribution in [2.24, 2.45) is 0 Å². The molecule has 2 amide bonds. The normalized spacial score (nSPS) is 13.6. The van der Waals surface area contributed by atoms with Crippen LogP contribution >= 0.6 is 0 Å². The molecule has 10 heteroatoms. The van der Waals surface area contributed by atoms with Crippen molar-refractivity contribution in [2.75, 3.05) is 47.0 Å². The summed E-state index contributed by atoms with van der Waals surface area (Å²) < 4.78 is 16.8. The van der Waals surface area contributed by atoms with E-state index in [0.29, 0.717) is 55.5 Å². The summed E-state index contributed by atoms with van der Waals surface area (Å²) in [7, 11) is 3.10. The largest absolute Gasteiger partial charge is 0.497 e. The summed E-state index contributed by atoms with van der Waals surface area (Å²) in [6.45, 7) is 3.37. The molecule has 166 valence electrons. The third kappa shape index (κ3) is 5.14. The van der Waals surface area contributed by atoms with Crippen molar-refractivity contribution in [1.82, 2.24) is 19.6 Å². The van der Waals surface area contributed by atoms with Crippen molar-refractivity contribution in [2.45, 2.75) is 13.5 Å². The third-order valence-corrected chi connectivity index (χ3v) is 4.99. The molecule has 0 radical (unpaired) electrons. The molecule has 0 N–H and O–H groups in total. The molecule has 2 heterocycles. The molecule has 0 spiro atoms. The van der Waals surface area contributed by atoms with Gasteiger partial charge in [-0.3, -0.25) is 9.59 Å². The van der Waals surface area contributed by atoms with E-state index in [1.54, 1.807) is 55.2 Å². The molecule has 0 atom stereocenters. The van der Waals surface area contributed by atoms with E-state index in [-0.39, 0.29) is 24.1 Å². The molecule has 1 aliphatic rings. The second-order valence-electron chi connectivity index (χ2n) is 6.85. The lowest BCUT2D eigenvalue weighted by molar-refractivity contribution is -0.133. The zero-order valence-corrected chi connectivity index (χ0v) is 17.9. The van der Waals surface area contributed by atoms with Crippen molar-refractivity contribution in [1.29, 1.82) is 0 Å². The summed E-state index contributed by atoms with van der Waals surface area (Å²) in [5.74, 6) is 0.943. The highest BCUT2D eigenvalue weighted by molar-refractivity contribution is 5.76. The van der Waals surface area contributed by atoms with Gasteiger partial charge in [0.25, 0.3) is 5.56 Å². The molecule has 1 aromatic carbocycles. The van der Waals surface area contributed by atoms with Crippen LogP contribution in [0.5, 0.6) is 11.5 Å². The van der Waals surface area contributed by atoms with Crippen LogP contribution in [0.2, 0.25) is 0 Å². The minimum atomic E-state index is -0.385. The molecule has 0 bridgehead atoms. The molecular formula is C21H26N4O6. The van der Waals surface area contributed by atoms with Gasteiger partial charge in [0, 0.05) is 37.8 Å². The number of amides is 2. The van der Waals surface area contributed by atoms with Crippen molar-refractivity contribution in [3.05, 3.63) is 40.7 Å². The first-order valence-corrected chi connectivity index (χ1v) is 9.96. The van der Waals surface area contributed by atoms with Gasteiger partial charge in [-0.1, -0.05) is 0 Å². The number of benzene rings is 1. The highest BCUT2D eigenvalue weighted by Crippen LogP contribution is 2.31. The number of aromatic nitrogens is 2. The van der Waals surface area contributed by atoms with Crippen molar-refractivity contribution >= 4 is 12.0 Å². The fourth-order valence-corrected chi connectivity index (χ4v) is 3.30. The Morgan fingerprint density at radius 2 is 1.71 bits per heavy atom. The number of methoxy groups -OCH3 is 2. The fourth-order valence-electron chi connectivity index (χ4n) is 3.30. The van der Waals surface area contributed by atoms with Gasteiger partial charge in [0.15, 0.2) is 0 Å². The Morgan fingerprint density at radius 1 is 1.00 bits per heavy atom. The maximum absolute atomic E-state index is 12.7. The number of ether oxygens (including phenoxy) is 3. The monoisotopic (exact) mass is 430 g/mol. The molecule has 1 saturated heterocycles. The number of carbonyl (C=O) groups is 2. The molecule has 1 aliphatic heterocycles. The smallest absolute Gasteiger partial charge is 0.409 e. The van der Waals surface area contributed by atoms with Crippen LogP contribution in [0.25, 0.3) is 11.3 Å². The van der Waals surface area contributed by atoms with Crippen molar-refractivity contribution < 1.29 is 23.8 Å². The number of piperazine rings is 1. The highest BCUT2D eigenvalue weighted by atomic mass is 16.6. The van der Waals surface area contributed by atoms with Crippen LogP contribution < -0.4 is 15.0 Å². The third-order valence-electron chi connectivity index (χ3n) is 4.99. The van der Waals surface area contributed by atoms with Gasteiger partial charge in [-0.15, -0.1) is 0 Å². The number of rotatable bonds is 6. The lowest BCUT2D eigenvalue weighted by Gasteiger charge is -2.34. The maximum Gasteiger partial charge on any atom is 0.409 e. The van der Waals surface area contributed by atoms with E-state index in [1.165, 1.54) is 6.07 Å². The van der Waals surface area contributed by atoms with Gasteiger partial charge in [0.1, 0.15) is 18.0 Å². The lowest BCUT2D eigenvalue weighted by Crippen LogP contribution is -2.51. The molecule has 1 fully saturated rings. The summed E-state index contributed by atoms with van der Waals surface area (Å²) in [6.07, 6.45) is -0.382. The fraction of sp³-hybridized carbons (Fsp3) is 0.429. The Balaban J connectivity index is 1.74. The second-order valence-corrected chi connectivity index (χ2v) is 6.85. The average Bonchev–Trinajstić information content (AvgIpc) is 2.80. The summed E-state index contributed by atoms with van der Waals surface area (Å²) in [5, 5.41) is 4.37. The van der Waals surface area contributed by atoms with Gasteiger partial charge in [-0.2, -0.15) is 5.10 Å². The first kappa shape index (κ1) is 22.1. The van der Waals surface area contributed by atoms with Crippen LogP contribution in [0.1, 0.15) is 6.92 Å². The topological polar surface area (TPSA) is 103 Å². The van der Waals surface area contributed by atoms with Crippen LogP contribution in [-0.4, -0.2) is 78.6 Å². The second kappa shape index (κ2) is 9.96. The zero-order chi connectivity index (χ0) is 22.4. The van der Waals surface area contributed by atoms with E-state index in [2.05, 4.69) is 5.10 Å². The zero-order valence-electron chi connectivity index (χ0n) is 17.9. The van der Waals surface area contributed by atoms with Gasteiger partial charge in [-0.05, 0) is 31.2 Å². The van der Waals surface area contributed by atoms with Gasteiger partial charge in [0.05, 0.1) is 26.5 Å². The van der Waals surface area contributed by atoms with E-state index in [1.807, 2.05) is 0 Å². The van der Waals surface area contributed by atoms with Crippen LogP contribution in [0.15, 0.2) is 35.1 Å². The molecule has 0 aliphatic carbocycles.